The number of amides is 1. The van der Waals surface area contributed by atoms with Crippen LogP contribution in [-0.4, -0.2) is 28.9 Å². The Morgan fingerprint density at radius 1 is 1.39 bits per heavy atom. The Balaban J connectivity index is 2.32. The lowest BCUT2D eigenvalue weighted by Gasteiger charge is -2.34. The first-order valence-electron chi connectivity index (χ1n) is 6.49. The molecule has 0 bridgehead atoms. The molecule has 1 aromatic carbocycles. The van der Waals surface area contributed by atoms with Gasteiger partial charge in [-0.25, -0.2) is 0 Å². The van der Waals surface area contributed by atoms with Gasteiger partial charge in [-0.3, -0.25) is 4.79 Å². The number of hydrogen-bond acceptors (Lipinski definition) is 2. The number of nitrogens with two attached hydrogens (primary N) is 1. The van der Waals surface area contributed by atoms with Crippen LogP contribution < -0.4 is 5.73 Å². The Labute approximate surface area is 109 Å². The Bertz CT molecular complexity index is 479. The van der Waals surface area contributed by atoms with Gasteiger partial charge >= 0.3 is 0 Å². The molecule has 3 heteroatoms. The van der Waals surface area contributed by atoms with Gasteiger partial charge in [0.15, 0.2) is 0 Å². The fraction of sp³-hybridized carbons (Fsp3) is 0.533. The van der Waals surface area contributed by atoms with E-state index in [9.17, 15) is 4.79 Å². The van der Waals surface area contributed by atoms with Crippen LogP contribution in [0, 0.1) is 13.8 Å². The summed E-state index contributed by atoms with van der Waals surface area (Å²) in [4.78, 5) is 14.5. The molecule has 1 aliphatic rings. The number of nitrogens with zero attached hydrogens (tertiary/aromatic N) is 1. The standard InChI is InChI=1S/C15H22N2O/c1-10-5-6-12(11(2)9-10)14(18)17-8-7-13(16)15(17,3)4/h5-6,9,13H,7-8,16H2,1-4H3. The van der Waals surface area contributed by atoms with Crippen molar-refractivity contribution in [1.82, 2.24) is 4.90 Å². The van der Waals surface area contributed by atoms with Crippen molar-refractivity contribution in [3.63, 3.8) is 0 Å². The predicted molar refractivity (Wildman–Crippen MR) is 73.6 cm³/mol. The second kappa shape index (κ2) is 4.39. The van der Waals surface area contributed by atoms with Gasteiger partial charge in [-0.15, -0.1) is 0 Å². The highest BCUT2D eigenvalue weighted by molar-refractivity contribution is 5.96. The molecular formula is C15H22N2O. The number of rotatable bonds is 1. The molecule has 1 heterocycles. The van der Waals surface area contributed by atoms with Crippen molar-refractivity contribution in [2.24, 2.45) is 5.73 Å². The van der Waals surface area contributed by atoms with E-state index in [2.05, 4.69) is 6.07 Å². The minimum absolute atomic E-state index is 0.0622. The Hall–Kier alpha value is -1.35. The van der Waals surface area contributed by atoms with E-state index in [4.69, 9.17) is 5.73 Å². The third-order valence-corrected chi connectivity index (χ3v) is 4.12. The zero-order chi connectivity index (χ0) is 13.5. The third-order valence-electron chi connectivity index (χ3n) is 4.12. The van der Waals surface area contributed by atoms with Crippen molar-refractivity contribution in [3.8, 4) is 0 Å². The van der Waals surface area contributed by atoms with Gasteiger partial charge in [-0.05, 0) is 45.7 Å². The number of aryl methyl sites for hydroxylation is 2. The van der Waals surface area contributed by atoms with E-state index in [1.165, 1.54) is 5.56 Å². The van der Waals surface area contributed by atoms with Gasteiger partial charge in [0.25, 0.3) is 5.91 Å². The predicted octanol–water partition coefficient (Wildman–Crippen LogP) is 2.26. The average Bonchev–Trinajstić information content (AvgIpc) is 2.53. The van der Waals surface area contributed by atoms with Gasteiger partial charge in [-0.1, -0.05) is 17.7 Å². The Morgan fingerprint density at radius 2 is 2.06 bits per heavy atom. The zero-order valence-electron chi connectivity index (χ0n) is 11.7. The fourth-order valence-corrected chi connectivity index (χ4v) is 2.67. The number of carbonyl (C=O) groups excluding carboxylic acids is 1. The summed E-state index contributed by atoms with van der Waals surface area (Å²) in [6.45, 7) is 8.87. The quantitative estimate of drug-likeness (QED) is 0.826. The first kappa shape index (κ1) is 13.1. The highest BCUT2D eigenvalue weighted by Crippen LogP contribution is 2.29. The molecule has 0 aromatic heterocycles. The Morgan fingerprint density at radius 3 is 2.56 bits per heavy atom. The maximum absolute atomic E-state index is 12.6. The van der Waals surface area contributed by atoms with Crippen LogP contribution in [0.4, 0.5) is 0 Å². The first-order chi connectivity index (χ1) is 8.34. The molecule has 0 aliphatic carbocycles. The van der Waals surface area contributed by atoms with E-state index in [1.807, 2.05) is 44.7 Å². The lowest BCUT2D eigenvalue weighted by Crippen LogP contribution is -2.51. The molecule has 98 valence electrons. The molecule has 1 fully saturated rings. The van der Waals surface area contributed by atoms with Crippen LogP contribution in [0.1, 0.15) is 41.8 Å². The molecule has 2 rings (SSSR count). The molecule has 0 radical (unpaired) electrons. The topological polar surface area (TPSA) is 46.3 Å². The van der Waals surface area contributed by atoms with E-state index in [0.717, 1.165) is 24.1 Å². The molecule has 0 spiro atoms. The summed E-state index contributed by atoms with van der Waals surface area (Å²) in [5, 5.41) is 0. The van der Waals surface area contributed by atoms with Crippen LogP contribution in [0.5, 0.6) is 0 Å². The molecule has 1 amide bonds. The van der Waals surface area contributed by atoms with E-state index in [1.54, 1.807) is 0 Å². The van der Waals surface area contributed by atoms with Gasteiger partial charge in [0, 0.05) is 18.2 Å². The lowest BCUT2D eigenvalue weighted by molar-refractivity contribution is 0.0636. The van der Waals surface area contributed by atoms with E-state index >= 15 is 0 Å². The third kappa shape index (κ3) is 2.03. The minimum atomic E-state index is -0.256. The number of carbonyl (C=O) groups is 1. The highest BCUT2D eigenvalue weighted by Gasteiger charge is 2.42. The van der Waals surface area contributed by atoms with E-state index in [-0.39, 0.29) is 17.5 Å². The van der Waals surface area contributed by atoms with Crippen LogP contribution in [0.25, 0.3) is 0 Å². The summed E-state index contributed by atoms with van der Waals surface area (Å²) in [6, 6.07) is 6.03. The molecule has 18 heavy (non-hydrogen) atoms. The molecule has 2 N–H and O–H groups in total. The van der Waals surface area contributed by atoms with Gasteiger partial charge in [0.05, 0.1) is 5.54 Å². The van der Waals surface area contributed by atoms with Crippen molar-refractivity contribution in [2.45, 2.75) is 45.7 Å². The number of likely N-dealkylation sites (tertiary alicyclic amines) is 1. The summed E-state index contributed by atoms with van der Waals surface area (Å²) >= 11 is 0. The lowest BCUT2D eigenvalue weighted by atomic mass is 9.95. The molecule has 1 atom stereocenters. The fourth-order valence-electron chi connectivity index (χ4n) is 2.67. The van der Waals surface area contributed by atoms with Crippen molar-refractivity contribution in [3.05, 3.63) is 34.9 Å². The molecule has 0 saturated carbocycles. The molecule has 1 aromatic rings. The normalized spacial score (nSPS) is 22.3. The first-order valence-corrected chi connectivity index (χ1v) is 6.49. The summed E-state index contributed by atoms with van der Waals surface area (Å²) in [5.41, 5.74) is 8.85. The van der Waals surface area contributed by atoms with E-state index < -0.39 is 0 Å². The van der Waals surface area contributed by atoms with Crippen LogP contribution in [0.2, 0.25) is 0 Å². The number of benzene rings is 1. The SMILES string of the molecule is Cc1ccc(C(=O)N2CCC(N)C2(C)C)c(C)c1. The second-order valence-electron chi connectivity index (χ2n) is 5.82. The average molecular weight is 246 g/mol. The van der Waals surface area contributed by atoms with Gasteiger partial charge in [0.1, 0.15) is 0 Å². The number of hydrogen-bond donors (Lipinski definition) is 1. The second-order valence-corrected chi connectivity index (χ2v) is 5.82. The van der Waals surface area contributed by atoms with Crippen molar-refractivity contribution >= 4 is 5.91 Å². The van der Waals surface area contributed by atoms with E-state index in [0.29, 0.717) is 0 Å². The highest BCUT2D eigenvalue weighted by atomic mass is 16.2. The largest absolute Gasteiger partial charge is 0.332 e. The van der Waals surface area contributed by atoms with Gasteiger partial charge in [-0.2, -0.15) is 0 Å². The molecule has 1 unspecified atom stereocenters. The Kier molecular flexibility index (Phi) is 3.20. The monoisotopic (exact) mass is 246 g/mol. The van der Waals surface area contributed by atoms with Gasteiger partial charge in [0.2, 0.25) is 0 Å². The summed E-state index contributed by atoms with van der Waals surface area (Å²) in [7, 11) is 0. The summed E-state index contributed by atoms with van der Waals surface area (Å²) < 4.78 is 0. The minimum Gasteiger partial charge on any atom is -0.332 e. The van der Waals surface area contributed by atoms with Crippen LogP contribution in [0.3, 0.4) is 0 Å². The van der Waals surface area contributed by atoms with Crippen LogP contribution >= 0.6 is 0 Å². The maximum atomic E-state index is 12.6. The smallest absolute Gasteiger partial charge is 0.254 e. The van der Waals surface area contributed by atoms with Crippen LogP contribution in [0.15, 0.2) is 18.2 Å². The maximum Gasteiger partial charge on any atom is 0.254 e. The molecular weight excluding hydrogens is 224 g/mol. The zero-order valence-corrected chi connectivity index (χ0v) is 11.7. The molecule has 1 saturated heterocycles. The molecule has 1 aliphatic heterocycles. The summed E-state index contributed by atoms with van der Waals surface area (Å²) in [6.07, 6.45) is 0.879. The molecule has 3 nitrogen and oxygen atoms in total. The van der Waals surface area contributed by atoms with Crippen molar-refractivity contribution in [2.75, 3.05) is 6.54 Å². The van der Waals surface area contributed by atoms with Crippen LogP contribution in [-0.2, 0) is 0 Å². The van der Waals surface area contributed by atoms with Gasteiger partial charge < -0.3 is 10.6 Å². The summed E-state index contributed by atoms with van der Waals surface area (Å²) in [5.74, 6) is 0.102. The van der Waals surface area contributed by atoms with Crippen molar-refractivity contribution < 1.29 is 4.79 Å². The van der Waals surface area contributed by atoms with Crippen molar-refractivity contribution in [1.29, 1.82) is 0 Å².